The van der Waals surface area contributed by atoms with Gasteiger partial charge in [-0.15, -0.1) is 0 Å². The molecule has 0 aliphatic heterocycles. The highest BCUT2D eigenvalue weighted by Gasteiger charge is 2.06. The maximum atomic E-state index is 12.0. The van der Waals surface area contributed by atoms with Crippen molar-refractivity contribution in [2.75, 3.05) is 25.5 Å². The third-order valence-electron chi connectivity index (χ3n) is 2.81. The van der Waals surface area contributed by atoms with E-state index in [1.54, 1.807) is 10.9 Å². The van der Waals surface area contributed by atoms with Crippen LogP contribution >= 0.6 is 0 Å². The molecule has 5 heteroatoms. The Morgan fingerprint density at radius 2 is 2.21 bits per heavy atom. The Morgan fingerprint density at radius 1 is 1.37 bits per heavy atom. The highest BCUT2D eigenvalue weighted by atomic mass is 16.1. The maximum Gasteiger partial charge on any atom is 0.251 e. The van der Waals surface area contributed by atoms with Gasteiger partial charge in [-0.2, -0.15) is 5.10 Å². The molecule has 0 bridgehead atoms. The largest absolute Gasteiger partial charge is 0.378 e. The summed E-state index contributed by atoms with van der Waals surface area (Å²) in [6.07, 6.45) is 3.60. The average Bonchev–Trinajstić information content (AvgIpc) is 2.92. The second kappa shape index (κ2) is 6.04. The van der Waals surface area contributed by atoms with Crippen LogP contribution in [0.2, 0.25) is 0 Å². The molecule has 100 valence electrons. The second-order valence-electron chi connectivity index (χ2n) is 4.47. The Bertz CT molecular complexity index is 534. The highest BCUT2D eigenvalue weighted by Crippen LogP contribution is 2.13. The first kappa shape index (κ1) is 13.1. The molecule has 0 aliphatic carbocycles. The van der Waals surface area contributed by atoms with Crippen LogP contribution < -0.4 is 10.2 Å². The number of amides is 1. The number of nitrogens with one attached hydrogen (secondary N) is 1. The summed E-state index contributed by atoms with van der Waals surface area (Å²) in [6, 6.07) is 9.42. The third-order valence-corrected chi connectivity index (χ3v) is 2.81. The molecule has 0 saturated carbocycles. The van der Waals surface area contributed by atoms with Crippen molar-refractivity contribution in [2.45, 2.75) is 6.54 Å². The first-order valence-electron chi connectivity index (χ1n) is 6.20. The molecule has 0 saturated heterocycles. The molecule has 1 aromatic heterocycles. The molecule has 19 heavy (non-hydrogen) atoms. The van der Waals surface area contributed by atoms with Gasteiger partial charge in [0.05, 0.1) is 6.54 Å². The van der Waals surface area contributed by atoms with Gasteiger partial charge in [0.25, 0.3) is 5.91 Å². The van der Waals surface area contributed by atoms with Crippen molar-refractivity contribution in [3.8, 4) is 0 Å². The zero-order valence-corrected chi connectivity index (χ0v) is 11.2. The van der Waals surface area contributed by atoms with Crippen molar-refractivity contribution in [2.24, 2.45) is 0 Å². The summed E-state index contributed by atoms with van der Waals surface area (Å²) in [6.45, 7) is 1.23. The first-order valence-corrected chi connectivity index (χ1v) is 6.20. The zero-order valence-electron chi connectivity index (χ0n) is 11.2. The highest BCUT2D eigenvalue weighted by molar-refractivity contribution is 5.95. The molecule has 0 spiro atoms. The SMILES string of the molecule is CN(C)c1cccc(C(=O)NCCn2cccn2)c1. The van der Waals surface area contributed by atoms with Crippen LogP contribution in [0, 0.1) is 0 Å². The van der Waals surface area contributed by atoms with Gasteiger partial charge in [-0.05, 0) is 24.3 Å². The number of anilines is 1. The quantitative estimate of drug-likeness (QED) is 0.881. The topological polar surface area (TPSA) is 50.2 Å². The Kier molecular flexibility index (Phi) is 4.18. The minimum absolute atomic E-state index is 0.0594. The predicted molar refractivity (Wildman–Crippen MR) is 75.3 cm³/mol. The number of hydrogen-bond acceptors (Lipinski definition) is 3. The first-order chi connectivity index (χ1) is 9.16. The van der Waals surface area contributed by atoms with E-state index in [2.05, 4.69) is 10.4 Å². The molecule has 0 fully saturated rings. The Morgan fingerprint density at radius 3 is 2.89 bits per heavy atom. The lowest BCUT2D eigenvalue weighted by Gasteiger charge is -2.13. The molecule has 1 N–H and O–H groups in total. The van der Waals surface area contributed by atoms with Gasteiger partial charge in [-0.3, -0.25) is 9.48 Å². The van der Waals surface area contributed by atoms with Crippen LogP contribution in [0.5, 0.6) is 0 Å². The standard InChI is InChI=1S/C14H18N4O/c1-17(2)13-6-3-5-12(11-13)14(19)15-8-10-18-9-4-7-16-18/h3-7,9,11H,8,10H2,1-2H3,(H,15,19). The fraction of sp³-hybridized carbons (Fsp3) is 0.286. The molecule has 0 unspecified atom stereocenters. The van der Waals surface area contributed by atoms with Gasteiger partial charge in [0.15, 0.2) is 0 Å². The number of rotatable bonds is 5. The number of carbonyl (C=O) groups excluding carboxylic acids is 1. The molecule has 2 rings (SSSR count). The monoisotopic (exact) mass is 258 g/mol. The van der Waals surface area contributed by atoms with E-state index in [9.17, 15) is 4.79 Å². The smallest absolute Gasteiger partial charge is 0.251 e. The van der Waals surface area contributed by atoms with Crippen molar-refractivity contribution >= 4 is 11.6 Å². The van der Waals surface area contributed by atoms with E-state index in [1.807, 2.05) is 55.5 Å². The lowest BCUT2D eigenvalue weighted by Crippen LogP contribution is -2.27. The molecule has 2 aromatic rings. The van der Waals surface area contributed by atoms with Crippen molar-refractivity contribution < 1.29 is 4.79 Å². The molecule has 0 radical (unpaired) electrons. The van der Waals surface area contributed by atoms with E-state index in [0.717, 1.165) is 5.69 Å². The van der Waals surface area contributed by atoms with Gasteiger partial charge in [0.1, 0.15) is 0 Å². The number of nitrogens with zero attached hydrogens (tertiary/aromatic N) is 3. The average molecular weight is 258 g/mol. The third kappa shape index (κ3) is 3.58. The van der Waals surface area contributed by atoms with E-state index in [1.165, 1.54) is 0 Å². The fourth-order valence-electron chi connectivity index (χ4n) is 1.74. The second-order valence-corrected chi connectivity index (χ2v) is 4.47. The summed E-state index contributed by atoms with van der Waals surface area (Å²) in [5.74, 6) is -0.0594. The summed E-state index contributed by atoms with van der Waals surface area (Å²) >= 11 is 0. The van der Waals surface area contributed by atoms with Crippen LogP contribution in [0.3, 0.4) is 0 Å². The van der Waals surface area contributed by atoms with Crippen molar-refractivity contribution in [3.05, 3.63) is 48.3 Å². The van der Waals surface area contributed by atoms with Gasteiger partial charge in [-0.25, -0.2) is 0 Å². The number of carbonyl (C=O) groups is 1. The number of benzene rings is 1. The number of hydrogen-bond donors (Lipinski definition) is 1. The minimum Gasteiger partial charge on any atom is -0.378 e. The van der Waals surface area contributed by atoms with Crippen molar-refractivity contribution in [1.29, 1.82) is 0 Å². The lowest BCUT2D eigenvalue weighted by molar-refractivity contribution is 0.0952. The van der Waals surface area contributed by atoms with E-state index >= 15 is 0 Å². The van der Waals surface area contributed by atoms with E-state index in [0.29, 0.717) is 18.7 Å². The minimum atomic E-state index is -0.0594. The summed E-state index contributed by atoms with van der Waals surface area (Å²) in [4.78, 5) is 14.0. The molecule has 0 atom stereocenters. The van der Waals surface area contributed by atoms with Gasteiger partial charge >= 0.3 is 0 Å². The summed E-state index contributed by atoms with van der Waals surface area (Å²) in [5, 5.41) is 6.97. The van der Waals surface area contributed by atoms with Gasteiger partial charge in [0, 0.05) is 44.3 Å². The van der Waals surface area contributed by atoms with Crippen molar-refractivity contribution in [1.82, 2.24) is 15.1 Å². The van der Waals surface area contributed by atoms with Crippen molar-refractivity contribution in [3.63, 3.8) is 0 Å². The summed E-state index contributed by atoms with van der Waals surface area (Å²) < 4.78 is 1.79. The molecule has 5 nitrogen and oxygen atoms in total. The van der Waals surface area contributed by atoms with E-state index < -0.39 is 0 Å². The van der Waals surface area contributed by atoms with E-state index in [4.69, 9.17) is 0 Å². The number of aromatic nitrogens is 2. The fourth-order valence-corrected chi connectivity index (χ4v) is 1.74. The van der Waals surface area contributed by atoms with Gasteiger partial charge < -0.3 is 10.2 Å². The molecule has 0 aliphatic rings. The van der Waals surface area contributed by atoms with Crippen LogP contribution in [-0.4, -0.2) is 36.3 Å². The molecule has 1 heterocycles. The predicted octanol–water partition coefficient (Wildman–Crippen LogP) is 1.38. The zero-order chi connectivity index (χ0) is 13.7. The maximum absolute atomic E-state index is 12.0. The molecule has 1 aromatic carbocycles. The van der Waals surface area contributed by atoms with Gasteiger partial charge in [-0.1, -0.05) is 6.07 Å². The van der Waals surface area contributed by atoms with Crippen LogP contribution in [0.15, 0.2) is 42.7 Å². The van der Waals surface area contributed by atoms with Crippen LogP contribution in [0.1, 0.15) is 10.4 Å². The molecular formula is C14H18N4O. The molecular weight excluding hydrogens is 240 g/mol. The normalized spacial score (nSPS) is 10.2. The summed E-state index contributed by atoms with van der Waals surface area (Å²) in [7, 11) is 3.91. The lowest BCUT2D eigenvalue weighted by atomic mass is 10.2. The molecule has 1 amide bonds. The van der Waals surface area contributed by atoms with Gasteiger partial charge in [0.2, 0.25) is 0 Å². The Labute approximate surface area is 112 Å². The summed E-state index contributed by atoms with van der Waals surface area (Å²) in [5.41, 5.74) is 1.69. The Balaban J connectivity index is 1.90. The van der Waals surface area contributed by atoms with Crippen LogP contribution in [0.25, 0.3) is 0 Å². The van der Waals surface area contributed by atoms with Crippen LogP contribution in [-0.2, 0) is 6.54 Å². The van der Waals surface area contributed by atoms with E-state index in [-0.39, 0.29) is 5.91 Å². The van der Waals surface area contributed by atoms with Crippen LogP contribution in [0.4, 0.5) is 5.69 Å². The Hall–Kier alpha value is -2.30.